The molecule has 0 aliphatic rings. The number of carbonyl (C=O) groups is 1. The lowest BCUT2D eigenvalue weighted by molar-refractivity contribution is -0.154. The Hall–Kier alpha value is -1.31. The van der Waals surface area contributed by atoms with Crippen LogP contribution in [0.4, 0.5) is 0 Å². The average molecular weight is 208 g/mol. The van der Waals surface area contributed by atoms with Gasteiger partial charge in [0.15, 0.2) is 0 Å². The summed E-state index contributed by atoms with van der Waals surface area (Å²) >= 11 is 0. The smallest absolute Gasteiger partial charge is 0.306 e. The molecule has 0 saturated carbocycles. The third kappa shape index (κ3) is 5.21. The molecule has 0 aliphatic heterocycles. The van der Waals surface area contributed by atoms with E-state index in [2.05, 4.69) is 0 Å². The van der Waals surface area contributed by atoms with E-state index >= 15 is 0 Å². The minimum absolute atomic E-state index is 0.270. The number of aryl methyl sites for hydroxylation is 1. The molecule has 2 nitrogen and oxygen atoms in total. The van der Waals surface area contributed by atoms with E-state index in [-0.39, 0.29) is 6.42 Å². The summed E-state index contributed by atoms with van der Waals surface area (Å²) in [6.07, 6.45) is -1.96. The summed E-state index contributed by atoms with van der Waals surface area (Å²) in [4.78, 5) is 11.6. The number of benzene rings is 1. The van der Waals surface area contributed by atoms with Crippen molar-refractivity contribution in [2.45, 2.75) is 39.2 Å². The van der Waals surface area contributed by atoms with Gasteiger partial charge in [-0.05, 0) is 32.7 Å². The van der Waals surface area contributed by atoms with E-state index in [1.807, 2.05) is 6.07 Å². The highest BCUT2D eigenvalue weighted by Gasteiger charge is 2.15. The van der Waals surface area contributed by atoms with Crippen LogP contribution < -0.4 is 0 Å². The maximum atomic E-state index is 11.6. The standard InChI is InChI=1S/C13H18O2/c1-13(2,3)15-12(14)10-9-11-7-5-4-6-8-11/h4-8H,9-10H2,1-3H3/i9D2. The van der Waals surface area contributed by atoms with E-state index in [0.29, 0.717) is 5.56 Å². The van der Waals surface area contributed by atoms with Crippen LogP contribution in [0.5, 0.6) is 0 Å². The highest BCUT2D eigenvalue weighted by molar-refractivity contribution is 5.70. The second kappa shape index (κ2) is 4.96. The Kier molecular flexibility index (Phi) is 2.96. The molecule has 0 saturated heterocycles. The molecule has 0 spiro atoms. The molecule has 0 aromatic heterocycles. The first-order valence-corrected chi connectivity index (χ1v) is 4.98. The Morgan fingerprint density at radius 2 is 1.93 bits per heavy atom. The summed E-state index contributed by atoms with van der Waals surface area (Å²) in [6.45, 7) is 5.30. The van der Waals surface area contributed by atoms with Crippen molar-refractivity contribution in [3.8, 4) is 0 Å². The molecule has 82 valence electrons. The first-order valence-electron chi connectivity index (χ1n) is 5.98. The fourth-order valence-corrected chi connectivity index (χ4v) is 1.11. The third-order valence-corrected chi connectivity index (χ3v) is 1.63. The van der Waals surface area contributed by atoms with Gasteiger partial charge in [0, 0.05) is 9.16 Å². The Balaban J connectivity index is 2.71. The number of ether oxygens (including phenoxy) is 1. The topological polar surface area (TPSA) is 26.3 Å². The van der Waals surface area contributed by atoms with Crippen LogP contribution in [-0.2, 0) is 15.9 Å². The molecule has 0 atom stereocenters. The molecule has 0 N–H and O–H groups in total. The van der Waals surface area contributed by atoms with Gasteiger partial charge in [-0.15, -0.1) is 0 Å². The predicted octanol–water partition coefficient (Wildman–Crippen LogP) is 2.96. The first-order chi connectivity index (χ1) is 7.71. The van der Waals surface area contributed by atoms with Crippen molar-refractivity contribution in [3.63, 3.8) is 0 Å². The zero-order valence-electron chi connectivity index (χ0n) is 11.4. The Morgan fingerprint density at radius 3 is 2.47 bits per heavy atom. The van der Waals surface area contributed by atoms with Crippen LogP contribution in [0.3, 0.4) is 0 Å². The van der Waals surface area contributed by atoms with E-state index in [9.17, 15) is 4.79 Å². The molecule has 2 heteroatoms. The molecule has 0 radical (unpaired) electrons. The number of hydrogen-bond donors (Lipinski definition) is 0. The summed E-state index contributed by atoms with van der Waals surface area (Å²) < 4.78 is 20.9. The monoisotopic (exact) mass is 208 g/mol. The van der Waals surface area contributed by atoms with Gasteiger partial charge in [-0.3, -0.25) is 4.79 Å². The molecule has 15 heavy (non-hydrogen) atoms. The van der Waals surface area contributed by atoms with Crippen molar-refractivity contribution in [3.05, 3.63) is 35.9 Å². The Bertz CT molecular complexity index is 380. The molecule has 0 heterocycles. The first kappa shape index (κ1) is 8.96. The summed E-state index contributed by atoms with van der Waals surface area (Å²) in [5.41, 5.74) is -0.0880. The van der Waals surface area contributed by atoms with Gasteiger partial charge in [0.1, 0.15) is 5.60 Å². The van der Waals surface area contributed by atoms with Gasteiger partial charge in [0.2, 0.25) is 0 Å². The highest BCUT2D eigenvalue weighted by Crippen LogP contribution is 2.10. The number of hydrogen-bond acceptors (Lipinski definition) is 2. The van der Waals surface area contributed by atoms with Crippen molar-refractivity contribution in [2.75, 3.05) is 0 Å². The molecule has 1 rings (SSSR count). The van der Waals surface area contributed by atoms with Crippen LogP contribution in [0.15, 0.2) is 30.3 Å². The zero-order valence-corrected chi connectivity index (χ0v) is 9.41. The van der Waals surface area contributed by atoms with Crippen LogP contribution in [0.2, 0.25) is 0 Å². The summed E-state index contributed by atoms with van der Waals surface area (Å²) in [7, 11) is 0. The van der Waals surface area contributed by atoms with Crippen LogP contribution in [0, 0.1) is 0 Å². The molecular formula is C13H18O2. The van der Waals surface area contributed by atoms with Gasteiger partial charge in [-0.1, -0.05) is 30.3 Å². The number of carbonyl (C=O) groups excluding carboxylic acids is 1. The SMILES string of the molecule is [2H]C([2H])(CC(=O)OC(C)(C)C)c1ccccc1. The van der Waals surface area contributed by atoms with E-state index in [0.717, 1.165) is 0 Å². The summed E-state index contributed by atoms with van der Waals surface area (Å²) in [5, 5.41) is 0. The molecule has 1 aromatic rings. The Morgan fingerprint density at radius 1 is 1.33 bits per heavy atom. The van der Waals surface area contributed by atoms with Crippen LogP contribution in [-0.4, -0.2) is 11.6 Å². The van der Waals surface area contributed by atoms with E-state index in [4.69, 9.17) is 7.48 Å². The van der Waals surface area contributed by atoms with E-state index in [1.165, 1.54) is 0 Å². The van der Waals surface area contributed by atoms with Gasteiger partial charge in [-0.25, -0.2) is 0 Å². The average Bonchev–Trinajstić information content (AvgIpc) is 2.15. The molecule has 0 unspecified atom stereocenters. The quantitative estimate of drug-likeness (QED) is 0.714. The zero-order chi connectivity index (χ0) is 13.1. The van der Waals surface area contributed by atoms with Gasteiger partial charge in [0.25, 0.3) is 0 Å². The number of esters is 1. The minimum atomic E-state index is -1.69. The Labute approximate surface area is 94.1 Å². The highest BCUT2D eigenvalue weighted by atomic mass is 16.6. The van der Waals surface area contributed by atoms with Gasteiger partial charge in [0.05, 0.1) is 0 Å². The van der Waals surface area contributed by atoms with Gasteiger partial charge >= 0.3 is 5.97 Å². The number of rotatable bonds is 3. The molecule has 0 fully saturated rings. The van der Waals surface area contributed by atoms with Gasteiger partial charge < -0.3 is 4.74 Å². The van der Waals surface area contributed by atoms with Crippen LogP contribution >= 0.6 is 0 Å². The molecule has 1 aromatic carbocycles. The lowest BCUT2D eigenvalue weighted by atomic mass is 10.1. The van der Waals surface area contributed by atoms with E-state index in [1.54, 1.807) is 45.0 Å². The normalized spacial score (nSPS) is 14.1. The lowest BCUT2D eigenvalue weighted by Crippen LogP contribution is -2.23. The summed E-state index contributed by atoms with van der Waals surface area (Å²) in [5.74, 6) is -0.522. The molecule has 0 aliphatic carbocycles. The second-order valence-corrected chi connectivity index (χ2v) is 4.31. The molecule has 0 bridgehead atoms. The van der Waals surface area contributed by atoms with Crippen molar-refractivity contribution in [2.24, 2.45) is 0 Å². The van der Waals surface area contributed by atoms with E-state index < -0.39 is 17.9 Å². The van der Waals surface area contributed by atoms with Crippen molar-refractivity contribution >= 4 is 5.97 Å². The third-order valence-electron chi connectivity index (χ3n) is 1.63. The second-order valence-electron chi connectivity index (χ2n) is 4.31. The van der Waals surface area contributed by atoms with Crippen molar-refractivity contribution < 1.29 is 12.3 Å². The molecular weight excluding hydrogens is 188 g/mol. The lowest BCUT2D eigenvalue weighted by Gasteiger charge is -2.19. The van der Waals surface area contributed by atoms with Crippen molar-refractivity contribution in [1.29, 1.82) is 0 Å². The minimum Gasteiger partial charge on any atom is -0.460 e. The maximum absolute atomic E-state index is 11.6. The molecule has 0 amide bonds. The predicted molar refractivity (Wildman–Crippen MR) is 60.6 cm³/mol. The summed E-state index contributed by atoms with van der Waals surface area (Å²) in [6, 6.07) is 8.66. The largest absolute Gasteiger partial charge is 0.460 e. The fourth-order valence-electron chi connectivity index (χ4n) is 1.11. The maximum Gasteiger partial charge on any atom is 0.306 e. The van der Waals surface area contributed by atoms with Crippen LogP contribution in [0.1, 0.15) is 35.5 Å². The van der Waals surface area contributed by atoms with Gasteiger partial charge in [-0.2, -0.15) is 0 Å². The van der Waals surface area contributed by atoms with Crippen molar-refractivity contribution in [1.82, 2.24) is 0 Å². The van der Waals surface area contributed by atoms with Crippen LogP contribution in [0.25, 0.3) is 0 Å². The fraction of sp³-hybridized carbons (Fsp3) is 0.462.